The minimum atomic E-state index is 0.742. The maximum Gasteiger partial charge on any atom is 0.160 e. The summed E-state index contributed by atoms with van der Waals surface area (Å²) in [7, 11) is 0. The Morgan fingerprint density at radius 3 is 1.93 bits per heavy atom. The van der Waals surface area contributed by atoms with Gasteiger partial charge in [-0.3, -0.25) is 0 Å². The number of nitrogens with zero attached hydrogens (tertiary/aromatic N) is 4. The van der Waals surface area contributed by atoms with Crippen LogP contribution in [-0.2, 0) is 0 Å². The monoisotopic (exact) mass is 536 g/mol. The van der Waals surface area contributed by atoms with Crippen LogP contribution in [0.2, 0.25) is 0 Å². The Labute approximate surface area is 242 Å². The smallest absolute Gasteiger partial charge is 0.160 e. The zero-order valence-corrected chi connectivity index (χ0v) is 22.6. The highest BCUT2D eigenvalue weighted by Gasteiger charge is 2.28. The molecule has 0 amide bonds. The first-order valence-corrected chi connectivity index (χ1v) is 14.2. The Balaban J connectivity index is 1.29. The van der Waals surface area contributed by atoms with Crippen molar-refractivity contribution in [2.45, 2.75) is 0 Å². The standard InChI is InChI=1S/C38H24N4/c1-2-12-25(13-3-1)38-39-31-19-11-23-35-36(31)37(40-38)30-18-6-9-22-34(30)42(35)27-15-10-14-26(24-27)41-32-20-7-4-16-28(32)29-17-5-8-21-33(29)41/h1-24H. The van der Waals surface area contributed by atoms with Gasteiger partial charge in [0.05, 0.1) is 39.0 Å². The summed E-state index contributed by atoms with van der Waals surface area (Å²) in [5.74, 6) is 0.742. The molecule has 2 aromatic heterocycles. The van der Waals surface area contributed by atoms with E-state index in [0.717, 1.165) is 56.3 Å². The molecule has 9 rings (SSSR count). The quantitative estimate of drug-likeness (QED) is 0.225. The van der Waals surface area contributed by atoms with Crippen LogP contribution >= 0.6 is 0 Å². The number of benzene rings is 6. The molecule has 0 atom stereocenters. The molecule has 1 aliphatic heterocycles. The van der Waals surface area contributed by atoms with E-state index in [0.29, 0.717) is 0 Å². The molecule has 4 nitrogen and oxygen atoms in total. The lowest BCUT2D eigenvalue weighted by molar-refractivity contribution is 1.16. The van der Waals surface area contributed by atoms with Gasteiger partial charge < -0.3 is 9.47 Å². The Morgan fingerprint density at radius 1 is 0.476 bits per heavy atom. The molecule has 0 saturated carbocycles. The van der Waals surface area contributed by atoms with Crippen LogP contribution in [0.3, 0.4) is 0 Å². The second kappa shape index (κ2) is 8.88. The number of hydrogen-bond donors (Lipinski definition) is 0. The minimum absolute atomic E-state index is 0.742. The van der Waals surface area contributed by atoms with Crippen LogP contribution in [0.15, 0.2) is 146 Å². The Bertz CT molecular complexity index is 2260. The summed E-state index contributed by atoms with van der Waals surface area (Å²) in [6.07, 6.45) is 0. The zero-order chi connectivity index (χ0) is 27.6. The average molecular weight is 537 g/mol. The minimum Gasteiger partial charge on any atom is -0.309 e. The lowest BCUT2D eigenvalue weighted by Crippen LogP contribution is -2.16. The van der Waals surface area contributed by atoms with Gasteiger partial charge in [-0.15, -0.1) is 0 Å². The topological polar surface area (TPSA) is 34.0 Å². The first-order valence-electron chi connectivity index (χ1n) is 14.2. The van der Waals surface area contributed by atoms with Gasteiger partial charge in [-0.05, 0) is 48.5 Å². The van der Waals surface area contributed by atoms with E-state index < -0.39 is 0 Å². The first kappa shape index (κ1) is 23.0. The SMILES string of the molecule is c1ccc(-c2nc3c4c(cccc4n2)N(c2cccc(-n4c5ccccc5c5ccccc54)c2)c2ccccc2-3)cc1. The third-order valence-electron chi connectivity index (χ3n) is 8.30. The van der Waals surface area contributed by atoms with Crippen LogP contribution in [-0.4, -0.2) is 14.5 Å². The van der Waals surface area contributed by atoms with Crippen molar-refractivity contribution in [1.82, 2.24) is 14.5 Å². The van der Waals surface area contributed by atoms with Gasteiger partial charge in [0.15, 0.2) is 5.82 Å². The summed E-state index contributed by atoms with van der Waals surface area (Å²) in [6, 6.07) is 51.3. The molecule has 0 spiro atoms. The van der Waals surface area contributed by atoms with Crippen molar-refractivity contribution < 1.29 is 0 Å². The van der Waals surface area contributed by atoms with Gasteiger partial charge in [0, 0.05) is 33.3 Å². The van der Waals surface area contributed by atoms with E-state index >= 15 is 0 Å². The van der Waals surface area contributed by atoms with Crippen LogP contribution in [0.1, 0.15) is 0 Å². The predicted molar refractivity (Wildman–Crippen MR) is 173 cm³/mol. The summed E-state index contributed by atoms with van der Waals surface area (Å²) in [4.78, 5) is 12.5. The van der Waals surface area contributed by atoms with Gasteiger partial charge >= 0.3 is 0 Å². The van der Waals surface area contributed by atoms with E-state index in [1.807, 2.05) is 18.2 Å². The molecule has 0 saturated heterocycles. The lowest BCUT2D eigenvalue weighted by Gasteiger charge is -2.33. The van der Waals surface area contributed by atoms with E-state index in [4.69, 9.17) is 9.97 Å². The molecule has 6 aromatic carbocycles. The molecule has 196 valence electrons. The summed E-state index contributed by atoms with van der Waals surface area (Å²) >= 11 is 0. The van der Waals surface area contributed by atoms with Crippen LogP contribution in [0.25, 0.3) is 61.0 Å². The van der Waals surface area contributed by atoms with Crippen LogP contribution in [0.4, 0.5) is 17.1 Å². The van der Waals surface area contributed by atoms with Gasteiger partial charge in [0.25, 0.3) is 0 Å². The van der Waals surface area contributed by atoms with Crippen molar-refractivity contribution in [1.29, 1.82) is 0 Å². The normalized spacial score (nSPS) is 12.2. The van der Waals surface area contributed by atoms with E-state index in [2.05, 4.69) is 137 Å². The second-order valence-corrected chi connectivity index (χ2v) is 10.7. The predicted octanol–water partition coefficient (Wildman–Crippen LogP) is 9.84. The third kappa shape index (κ3) is 3.29. The van der Waals surface area contributed by atoms with Crippen LogP contribution in [0, 0.1) is 0 Å². The van der Waals surface area contributed by atoms with Crippen LogP contribution in [0.5, 0.6) is 0 Å². The van der Waals surface area contributed by atoms with Crippen molar-refractivity contribution >= 4 is 49.8 Å². The van der Waals surface area contributed by atoms with E-state index in [1.165, 1.54) is 21.8 Å². The van der Waals surface area contributed by atoms with Gasteiger partial charge in [-0.1, -0.05) is 97.1 Å². The molecule has 8 aromatic rings. The van der Waals surface area contributed by atoms with Gasteiger partial charge in [0.1, 0.15) is 0 Å². The summed E-state index contributed by atoms with van der Waals surface area (Å²) in [5.41, 5.74) is 10.8. The van der Waals surface area contributed by atoms with Crippen molar-refractivity contribution in [2.24, 2.45) is 0 Å². The average Bonchev–Trinajstić information content (AvgIpc) is 3.40. The van der Waals surface area contributed by atoms with E-state index in [1.54, 1.807) is 0 Å². The van der Waals surface area contributed by atoms with E-state index in [-0.39, 0.29) is 0 Å². The Kier molecular flexibility index (Phi) is 4.87. The fourth-order valence-electron chi connectivity index (χ4n) is 6.51. The Morgan fingerprint density at radius 2 is 1.12 bits per heavy atom. The fraction of sp³-hybridized carbons (Fsp3) is 0. The largest absolute Gasteiger partial charge is 0.309 e. The van der Waals surface area contributed by atoms with Crippen molar-refractivity contribution in [3.8, 4) is 28.3 Å². The number of rotatable bonds is 3. The number of para-hydroxylation sites is 3. The second-order valence-electron chi connectivity index (χ2n) is 10.7. The maximum absolute atomic E-state index is 5.16. The molecule has 0 unspecified atom stereocenters. The molecule has 3 heterocycles. The number of aromatic nitrogens is 3. The van der Waals surface area contributed by atoms with Gasteiger partial charge in [-0.2, -0.15) is 0 Å². The highest BCUT2D eigenvalue weighted by molar-refractivity contribution is 6.12. The van der Waals surface area contributed by atoms with Gasteiger partial charge in [0.2, 0.25) is 0 Å². The molecule has 4 heteroatoms. The Hall–Kier alpha value is -5.74. The molecule has 0 fully saturated rings. The van der Waals surface area contributed by atoms with Crippen molar-refractivity contribution in [3.63, 3.8) is 0 Å². The lowest BCUT2D eigenvalue weighted by atomic mass is 9.96. The third-order valence-corrected chi connectivity index (χ3v) is 8.30. The van der Waals surface area contributed by atoms with Crippen molar-refractivity contribution in [2.75, 3.05) is 4.90 Å². The highest BCUT2D eigenvalue weighted by Crippen LogP contribution is 2.50. The molecule has 0 N–H and O–H groups in total. The number of anilines is 3. The fourth-order valence-corrected chi connectivity index (χ4v) is 6.51. The number of hydrogen-bond acceptors (Lipinski definition) is 3. The van der Waals surface area contributed by atoms with E-state index in [9.17, 15) is 0 Å². The molecule has 1 aliphatic rings. The molecule has 0 radical (unpaired) electrons. The van der Waals surface area contributed by atoms with Gasteiger partial charge in [-0.25, -0.2) is 9.97 Å². The maximum atomic E-state index is 5.16. The number of fused-ring (bicyclic) bond motifs is 5. The molecular formula is C38H24N4. The molecule has 42 heavy (non-hydrogen) atoms. The van der Waals surface area contributed by atoms with Crippen LogP contribution < -0.4 is 4.90 Å². The first-order chi connectivity index (χ1) is 20.8. The highest BCUT2D eigenvalue weighted by atomic mass is 15.2. The summed E-state index contributed by atoms with van der Waals surface area (Å²) < 4.78 is 2.37. The zero-order valence-electron chi connectivity index (χ0n) is 22.6. The molecule has 0 bridgehead atoms. The summed E-state index contributed by atoms with van der Waals surface area (Å²) in [6.45, 7) is 0. The molecule has 0 aliphatic carbocycles. The molecular weight excluding hydrogens is 512 g/mol. The summed E-state index contributed by atoms with van der Waals surface area (Å²) in [5, 5.41) is 3.58. The van der Waals surface area contributed by atoms with Crippen molar-refractivity contribution in [3.05, 3.63) is 146 Å².